The summed E-state index contributed by atoms with van der Waals surface area (Å²) in [6.07, 6.45) is 10.9. The summed E-state index contributed by atoms with van der Waals surface area (Å²) in [5.74, 6) is 2.17. The van der Waals surface area contributed by atoms with Gasteiger partial charge in [-0.15, -0.1) is 0 Å². The highest BCUT2D eigenvalue weighted by atomic mass is 35.5. The number of nitrogens with zero attached hydrogens (tertiary/aromatic N) is 3. The zero-order valence-corrected chi connectivity index (χ0v) is 33.8. The Morgan fingerprint density at radius 2 is 1.98 bits per heavy atom. The molecular formula is C42H61ClN4O5S. The molecule has 1 aliphatic carbocycles. The van der Waals surface area contributed by atoms with Crippen molar-refractivity contribution in [1.29, 1.82) is 0 Å². The van der Waals surface area contributed by atoms with Gasteiger partial charge in [-0.1, -0.05) is 50.1 Å². The van der Waals surface area contributed by atoms with Crippen molar-refractivity contribution in [2.45, 2.75) is 76.5 Å². The summed E-state index contributed by atoms with van der Waals surface area (Å²) < 4.78 is 33.4. The Bertz CT molecular complexity index is 1580. The van der Waals surface area contributed by atoms with Gasteiger partial charge in [-0.25, -0.2) is 4.21 Å². The van der Waals surface area contributed by atoms with Gasteiger partial charge in [-0.05, 0) is 98.2 Å². The van der Waals surface area contributed by atoms with Crippen molar-refractivity contribution in [1.82, 2.24) is 14.5 Å². The van der Waals surface area contributed by atoms with Crippen LogP contribution in [0.3, 0.4) is 0 Å². The quantitative estimate of drug-likeness (QED) is 0.189. The molecule has 1 N–H and O–H groups in total. The Morgan fingerprint density at radius 3 is 2.75 bits per heavy atom. The fourth-order valence-corrected chi connectivity index (χ4v) is 9.70. The van der Waals surface area contributed by atoms with Crippen molar-refractivity contribution in [3.05, 3.63) is 70.3 Å². The first-order valence-corrected chi connectivity index (χ1v) is 21.6. The number of anilines is 1. The second kappa shape index (κ2) is 19.4. The lowest BCUT2D eigenvalue weighted by atomic mass is 9.66. The number of benzene rings is 2. The zero-order valence-electron chi connectivity index (χ0n) is 32.3. The highest BCUT2D eigenvalue weighted by Crippen LogP contribution is 2.44. The monoisotopic (exact) mass is 768 g/mol. The molecule has 2 aromatic carbocycles. The molecule has 7 unspecified atom stereocenters. The highest BCUT2D eigenvalue weighted by molar-refractivity contribution is 7.84. The van der Waals surface area contributed by atoms with E-state index in [-0.39, 0.29) is 17.1 Å². The van der Waals surface area contributed by atoms with Crippen LogP contribution in [0.5, 0.6) is 5.75 Å². The Labute approximate surface area is 325 Å². The van der Waals surface area contributed by atoms with Gasteiger partial charge in [0.05, 0.1) is 30.8 Å². The van der Waals surface area contributed by atoms with E-state index in [2.05, 4.69) is 57.6 Å². The van der Waals surface area contributed by atoms with Crippen LogP contribution in [0.15, 0.2) is 48.6 Å². The number of ether oxygens (including phenoxy) is 3. The topological polar surface area (TPSA) is 83.6 Å². The van der Waals surface area contributed by atoms with Gasteiger partial charge in [-0.2, -0.15) is 0 Å². The van der Waals surface area contributed by atoms with E-state index in [1.807, 2.05) is 25.1 Å². The van der Waals surface area contributed by atoms with Gasteiger partial charge in [0, 0.05) is 82.1 Å². The van der Waals surface area contributed by atoms with Crippen LogP contribution in [0.2, 0.25) is 5.02 Å². The minimum absolute atomic E-state index is 0.135. The number of nitrogens with one attached hydrogen (secondary N) is 1. The number of hydrogen-bond acceptors (Lipinski definition) is 8. The van der Waals surface area contributed by atoms with Gasteiger partial charge in [0.25, 0.3) is 5.91 Å². The maximum atomic E-state index is 13.5. The molecule has 0 bridgehead atoms. The molecular weight excluding hydrogens is 708 g/mol. The van der Waals surface area contributed by atoms with E-state index in [4.69, 9.17) is 25.8 Å². The molecule has 4 aliphatic rings. The minimum atomic E-state index is -1.52. The van der Waals surface area contributed by atoms with E-state index in [0.29, 0.717) is 49.0 Å². The summed E-state index contributed by atoms with van der Waals surface area (Å²) in [4.78, 5) is 21.3. The predicted molar refractivity (Wildman–Crippen MR) is 216 cm³/mol. The Morgan fingerprint density at radius 1 is 1.11 bits per heavy atom. The van der Waals surface area contributed by atoms with Gasteiger partial charge in [0.15, 0.2) is 0 Å². The van der Waals surface area contributed by atoms with Crippen LogP contribution in [0, 0.1) is 17.8 Å². The Hall–Kier alpha value is -2.47. The molecule has 6 rings (SSSR count). The molecule has 3 heterocycles. The van der Waals surface area contributed by atoms with Crippen LogP contribution < -0.4 is 14.4 Å². The molecule has 3 fully saturated rings. The molecule has 292 valence electrons. The van der Waals surface area contributed by atoms with Crippen molar-refractivity contribution < 1.29 is 23.2 Å². The molecule has 1 amide bonds. The first-order valence-electron chi connectivity index (χ1n) is 20.0. The summed E-state index contributed by atoms with van der Waals surface area (Å²) in [6, 6.07) is 12.5. The molecule has 53 heavy (non-hydrogen) atoms. The third-order valence-corrected chi connectivity index (χ3v) is 13.5. The van der Waals surface area contributed by atoms with Crippen molar-refractivity contribution in [2.24, 2.45) is 17.8 Å². The van der Waals surface area contributed by atoms with Crippen molar-refractivity contribution in [2.75, 3.05) is 84.3 Å². The summed E-state index contributed by atoms with van der Waals surface area (Å²) in [7, 11) is 0.103. The number of halogens is 1. The molecule has 0 spiro atoms. The molecule has 0 radical (unpaired) electrons. The van der Waals surface area contributed by atoms with E-state index in [0.717, 1.165) is 94.7 Å². The normalized spacial score (nSPS) is 25.4. The fourth-order valence-electron chi connectivity index (χ4n) is 8.69. The number of piperazine rings is 1. The largest absolute Gasteiger partial charge is 0.491 e. The lowest BCUT2D eigenvalue weighted by Gasteiger charge is -2.48. The van der Waals surface area contributed by atoms with Gasteiger partial charge < -0.3 is 19.1 Å². The molecule has 7 atom stereocenters. The molecule has 2 aromatic rings. The van der Waals surface area contributed by atoms with E-state index >= 15 is 0 Å². The Kier molecular flexibility index (Phi) is 14.7. The molecule has 3 aliphatic heterocycles. The number of hydrogen-bond donors (Lipinski definition) is 1. The average molecular weight is 769 g/mol. The van der Waals surface area contributed by atoms with Crippen molar-refractivity contribution >= 4 is 34.2 Å². The second-order valence-corrected chi connectivity index (χ2v) is 17.6. The van der Waals surface area contributed by atoms with Gasteiger partial charge in [0.2, 0.25) is 0 Å². The van der Waals surface area contributed by atoms with Gasteiger partial charge in [-0.3, -0.25) is 19.3 Å². The lowest BCUT2D eigenvalue weighted by Crippen LogP contribution is -2.59. The number of amides is 1. The smallest absolute Gasteiger partial charge is 0.263 e. The van der Waals surface area contributed by atoms with Crippen molar-refractivity contribution in [3.63, 3.8) is 0 Å². The first kappa shape index (κ1) is 40.2. The van der Waals surface area contributed by atoms with E-state index < -0.39 is 11.0 Å². The summed E-state index contributed by atoms with van der Waals surface area (Å²) in [6.45, 7) is 16.1. The number of allylic oxidation sites excluding steroid dienone is 1. The maximum absolute atomic E-state index is 13.5. The van der Waals surface area contributed by atoms with E-state index in [1.165, 1.54) is 24.0 Å². The molecule has 1 saturated carbocycles. The van der Waals surface area contributed by atoms with E-state index in [1.54, 1.807) is 13.2 Å². The van der Waals surface area contributed by atoms with Crippen LogP contribution in [0.4, 0.5) is 5.69 Å². The van der Waals surface area contributed by atoms with Crippen LogP contribution in [0.25, 0.3) is 0 Å². The van der Waals surface area contributed by atoms with Crippen molar-refractivity contribution in [3.8, 4) is 5.75 Å². The molecule has 11 heteroatoms. The van der Waals surface area contributed by atoms with Crippen LogP contribution in [-0.2, 0) is 26.9 Å². The number of carbonyl (C=O) groups is 1. The second-order valence-electron chi connectivity index (χ2n) is 15.5. The third-order valence-electron chi connectivity index (χ3n) is 11.9. The number of aryl methyl sites for hydroxylation is 1. The number of carbonyl (C=O) groups excluding carboxylic acids is 1. The first-order chi connectivity index (χ1) is 25.8. The third kappa shape index (κ3) is 10.2. The zero-order chi connectivity index (χ0) is 37.3. The SMILES string of the molecule is CC/C=C/C(CN1CCN2CCOCC2C1)C1CCC1CN1CC(c2ccc(Cl)cc2CCC)COc2ccc(C(=O)NS(=O)C(C)CCOC)cc21. The summed E-state index contributed by atoms with van der Waals surface area (Å²) in [5.41, 5.74) is 3.98. The Balaban J connectivity index is 1.25. The number of morpholine rings is 1. The number of methoxy groups -OCH3 is 1. The lowest BCUT2D eigenvalue weighted by molar-refractivity contribution is -0.0492. The predicted octanol–water partition coefficient (Wildman–Crippen LogP) is 6.72. The number of rotatable bonds is 16. The molecule has 9 nitrogen and oxygen atoms in total. The fraction of sp³-hybridized carbons (Fsp3) is 0.643. The minimum Gasteiger partial charge on any atom is -0.491 e. The van der Waals surface area contributed by atoms with Gasteiger partial charge >= 0.3 is 0 Å². The summed E-state index contributed by atoms with van der Waals surface area (Å²) >= 11 is 6.51. The average Bonchev–Trinajstić information content (AvgIpc) is 3.33. The van der Waals surface area contributed by atoms with Crippen LogP contribution in [0.1, 0.15) is 80.3 Å². The van der Waals surface area contributed by atoms with Crippen LogP contribution >= 0.6 is 11.6 Å². The molecule has 2 saturated heterocycles. The number of fused-ring (bicyclic) bond motifs is 2. The van der Waals surface area contributed by atoms with E-state index in [9.17, 15) is 9.00 Å². The highest BCUT2D eigenvalue weighted by Gasteiger charge is 2.40. The molecule has 0 aromatic heterocycles. The standard InChI is InChI=1S/C42H61ClN4O5S/c1-5-7-9-33(24-45-17-18-46-19-21-51-29-37(46)27-45)39-13-10-34(39)25-47-26-35(38-14-12-36(43)22-31(38)8-6-2)28-52-41-15-11-32(23-40(41)47)42(48)44-53(49)30(3)16-20-50-4/h7,9,11-12,14-15,22-23,30,33-35,37,39H,5-6,8,10,13,16-21,24-29H2,1-4H3,(H,44,48)/b9-7+. The maximum Gasteiger partial charge on any atom is 0.263 e. The summed E-state index contributed by atoms with van der Waals surface area (Å²) in [5, 5.41) is 0.541. The van der Waals surface area contributed by atoms with Crippen LogP contribution in [-0.4, -0.2) is 111 Å². The van der Waals surface area contributed by atoms with Gasteiger partial charge in [0.1, 0.15) is 16.7 Å².